The van der Waals surface area contributed by atoms with Crippen LogP contribution in [0.3, 0.4) is 0 Å². The van der Waals surface area contributed by atoms with E-state index in [1.165, 1.54) is 6.21 Å². The fourth-order valence-electron chi connectivity index (χ4n) is 2.40. The molecular weight excluding hydrogens is 464 g/mol. The molecule has 1 amide bonds. The molecule has 29 heavy (non-hydrogen) atoms. The molecule has 3 aromatic rings. The molecular formula is C20H16BrClN2O5. The lowest BCUT2D eigenvalue weighted by Crippen LogP contribution is -2.16. The highest BCUT2D eigenvalue weighted by atomic mass is 79.9. The van der Waals surface area contributed by atoms with E-state index < -0.39 is 11.9 Å². The third-order valence-electron chi connectivity index (χ3n) is 3.69. The number of ether oxygens (including phenoxy) is 2. The van der Waals surface area contributed by atoms with Crippen molar-refractivity contribution >= 4 is 56.6 Å². The highest BCUT2D eigenvalue weighted by Crippen LogP contribution is 2.26. The van der Waals surface area contributed by atoms with E-state index >= 15 is 0 Å². The summed E-state index contributed by atoms with van der Waals surface area (Å²) >= 11 is 9.30. The topological polar surface area (TPSA) is 90.1 Å². The number of hydrogen-bond donors (Lipinski definition) is 1. The number of esters is 1. The van der Waals surface area contributed by atoms with Crippen molar-refractivity contribution in [1.82, 2.24) is 5.43 Å². The zero-order valence-corrected chi connectivity index (χ0v) is 17.6. The normalized spacial score (nSPS) is 11.0. The Morgan fingerprint density at radius 3 is 2.83 bits per heavy atom. The molecule has 0 saturated carbocycles. The van der Waals surface area contributed by atoms with Gasteiger partial charge in [-0.2, -0.15) is 5.10 Å². The van der Waals surface area contributed by atoms with Crippen LogP contribution in [0.4, 0.5) is 0 Å². The van der Waals surface area contributed by atoms with Crippen LogP contribution in [0.15, 0.2) is 56.5 Å². The van der Waals surface area contributed by atoms with E-state index in [4.69, 9.17) is 25.5 Å². The van der Waals surface area contributed by atoms with Gasteiger partial charge in [-0.3, -0.25) is 4.79 Å². The van der Waals surface area contributed by atoms with Gasteiger partial charge in [-0.15, -0.1) is 0 Å². The predicted molar refractivity (Wildman–Crippen MR) is 113 cm³/mol. The smallest absolute Gasteiger partial charge is 0.344 e. The number of halogens is 2. The van der Waals surface area contributed by atoms with Gasteiger partial charge in [0.25, 0.3) is 0 Å². The molecule has 0 fully saturated rings. The molecule has 0 aliphatic rings. The standard InChI is InChI=1S/C20H16BrClN2O5/c1-2-27-19(25)11-28-17-5-3-12(7-15(17)21)10-23-24-20(26)18-9-13-8-14(22)4-6-16(13)29-18/h3-10H,2,11H2,1H3,(H,24,26)/b23-10+. The lowest BCUT2D eigenvalue weighted by atomic mass is 10.2. The van der Waals surface area contributed by atoms with Crippen molar-refractivity contribution in [2.24, 2.45) is 5.10 Å². The van der Waals surface area contributed by atoms with E-state index in [-0.39, 0.29) is 12.4 Å². The highest BCUT2D eigenvalue weighted by Gasteiger charge is 2.12. The van der Waals surface area contributed by atoms with Gasteiger partial charge < -0.3 is 13.9 Å². The monoisotopic (exact) mass is 478 g/mol. The first-order valence-corrected chi connectivity index (χ1v) is 9.74. The van der Waals surface area contributed by atoms with Crippen molar-refractivity contribution in [3.63, 3.8) is 0 Å². The number of hydrogen-bond acceptors (Lipinski definition) is 6. The van der Waals surface area contributed by atoms with E-state index in [2.05, 4.69) is 26.5 Å². The number of nitrogens with zero attached hydrogens (tertiary/aromatic N) is 1. The number of benzene rings is 2. The van der Waals surface area contributed by atoms with Gasteiger partial charge in [0.05, 0.1) is 17.3 Å². The fourth-order valence-corrected chi connectivity index (χ4v) is 3.09. The summed E-state index contributed by atoms with van der Waals surface area (Å²) in [5.41, 5.74) is 3.67. The quantitative estimate of drug-likeness (QED) is 0.305. The second-order valence-corrected chi connectivity index (χ2v) is 7.07. The summed E-state index contributed by atoms with van der Waals surface area (Å²) in [5.74, 6) is -0.314. The Hall–Kier alpha value is -2.84. The number of carbonyl (C=O) groups excluding carboxylic acids is 2. The number of nitrogens with one attached hydrogen (secondary N) is 1. The van der Waals surface area contributed by atoms with E-state index in [9.17, 15) is 9.59 Å². The Kier molecular flexibility index (Phi) is 6.90. The van der Waals surface area contributed by atoms with Crippen LogP contribution in [-0.4, -0.2) is 31.3 Å². The van der Waals surface area contributed by atoms with Crippen LogP contribution >= 0.6 is 27.5 Å². The first kappa shape index (κ1) is 20.9. The molecule has 1 heterocycles. The zero-order chi connectivity index (χ0) is 20.8. The number of fused-ring (bicyclic) bond motifs is 1. The van der Waals surface area contributed by atoms with Crippen LogP contribution in [-0.2, 0) is 9.53 Å². The van der Waals surface area contributed by atoms with Gasteiger partial charge in [-0.25, -0.2) is 10.2 Å². The van der Waals surface area contributed by atoms with E-state index in [1.54, 1.807) is 49.4 Å². The number of hydrazone groups is 1. The summed E-state index contributed by atoms with van der Waals surface area (Å²) in [6.07, 6.45) is 1.47. The number of carbonyl (C=O) groups is 2. The van der Waals surface area contributed by atoms with Crippen molar-refractivity contribution in [2.45, 2.75) is 6.92 Å². The molecule has 0 radical (unpaired) electrons. The van der Waals surface area contributed by atoms with Crippen LogP contribution in [0.25, 0.3) is 11.0 Å². The van der Waals surface area contributed by atoms with Gasteiger partial charge in [0.1, 0.15) is 11.3 Å². The van der Waals surface area contributed by atoms with Gasteiger partial charge >= 0.3 is 11.9 Å². The van der Waals surface area contributed by atoms with Crippen LogP contribution in [0.1, 0.15) is 23.0 Å². The average Bonchev–Trinajstić information content (AvgIpc) is 3.11. The average molecular weight is 480 g/mol. The van der Waals surface area contributed by atoms with Crippen LogP contribution in [0, 0.1) is 0 Å². The molecule has 0 bridgehead atoms. The lowest BCUT2D eigenvalue weighted by Gasteiger charge is -2.08. The molecule has 0 spiro atoms. The number of furan rings is 1. The van der Waals surface area contributed by atoms with Crippen molar-refractivity contribution in [2.75, 3.05) is 13.2 Å². The minimum Gasteiger partial charge on any atom is -0.481 e. The van der Waals surface area contributed by atoms with Gasteiger partial charge in [0.15, 0.2) is 12.4 Å². The van der Waals surface area contributed by atoms with Crippen molar-refractivity contribution < 1.29 is 23.5 Å². The summed E-state index contributed by atoms with van der Waals surface area (Å²) in [6, 6.07) is 11.8. The van der Waals surface area contributed by atoms with Gasteiger partial charge in [-0.05, 0) is 70.9 Å². The Bertz CT molecular complexity index is 1080. The Morgan fingerprint density at radius 2 is 2.07 bits per heavy atom. The molecule has 7 nitrogen and oxygen atoms in total. The van der Waals surface area contributed by atoms with Crippen LogP contribution < -0.4 is 10.2 Å². The molecule has 3 rings (SSSR count). The minimum atomic E-state index is -0.484. The van der Waals surface area contributed by atoms with E-state index in [0.717, 1.165) is 5.39 Å². The minimum absolute atomic E-state index is 0.128. The molecule has 9 heteroatoms. The summed E-state index contributed by atoms with van der Waals surface area (Å²) in [6.45, 7) is 1.84. The summed E-state index contributed by atoms with van der Waals surface area (Å²) in [4.78, 5) is 23.5. The zero-order valence-electron chi connectivity index (χ0n) is 15.3. The van der Waals surface area contributed by atoms with Crippen molar-refractivity contribution in [3.05, 3.63) is 63.3 Å². The molecule has 0 aliphatic heterocycles. The van der Waals surface area contributed by atoms with Crippen LogP contribution in [0.5, 0.6) is 5.75 Å². The second-order valence-electron chi connectivity index (χ2n) is 5.78. The lowest BCUT2D eigenvalue weighted by molar-refractivity contribution is -0.145. The molecule has 0 atom stereocenters. The Balaban J connectivity index is 1.59. The van der Waals surface area contributed by atoms with Crippen LogP contribution in [0.2, 0.25) is 5.02 Å². The molecule has 1 N–H and O–H groups in total. The second kappa shape index (κ2) is 9.58. The highest BCUT2D eigenvalue weighted by molar-refractivity contribution is 9.10. The molecule has 1 aromatic heterocycles. The third kappa shape index (κ3) is 5.58. The Labute approximate surface area is 179 Å². The maximum Gasteiger partial charge on any atom is 0.344 e. The first-order valence-electron chi connectivity index (χ1n) is 8.56. The summed E-state index contributed by atoms with van der Waals surface area (Å²) in [5, 5.41) is 5.22. The maximum absolute atomic E-state index is 12.2. The summed E-state index contributed by atoms with van der Waals surface area (Å²) in [7, 11) is 0. The number of amides is 1. The van der Waals surface area contributed by atoms with Gasteiger partial charge in [0, 0.05) is 10.4 Å². The molecule has 0 aliphatic carbocycles. The Morgan fingerprint density at radius 1 is 1.24 bits per heavy atom. The third-order valence-corrected chi connectivity index (χ3v) is 4.54. The van der Waals surface area contributed by atoms with E-state index in [1.807, 2.05) is 0 Å². The van der Waals surface area contributed by atoms with Gasteiger partial charge in [0.2, 0.25) is 0 Å². The largest absolute Gasteiger partial charge is 0.481 e. The van der Waals surface area contributed by atoms with Crippen molar-refractivity contribution in [3.8, 4) is 5.75 Å². The molecule has 0 saturated heterocycles. The van der Waals surface area contributed by atoms with Gasteiger partial charge in [-0.1, -0.05) is 11.6 Å². The fraction of sp³-hybridized carbons (Fsp3) is 0.150. The van der Waals surface area contributed by atoms with E-state index in [0.29, 0.717) is 33.0 Å². The molecule has 150 valence electrons. The molecule has 0 unspecified atom stereocenters. The molecule has 2 aromatic carbocycles. The predicted octanol–water partition coefficient (Wildman–Crippen LogP) is 4.55. The maximum atomic E-state index is 12.2. The SMILES string of the molecule is CCOC(=O)COc1ccc(/C=N/NC(=O)c2cc3cc(Cl)ccc3o2)cc1Br. The van der Waals surface area contributed by atoms with Crippen molar-refractivity contribution in [1.29, 1.82) is 0 Å². The first-order chi connectivity index (χ1) is 14.0. The summed E-state index contributed by atoms with van der Waals surface area (Å²) < 4.78 is 16.3. The number of rotatable bonds is 7.